The first-order valence-electron chi connectivity index (χ1n) is 5.73. The Labute approximate surface area is 92.9 Å². The minimum atomic E-state index is 0.786. The average molecular weight is 206 g/mol. The van der Waals surface area contributed by atoms with Gasteiger partial charge in [0.1, 0.15) is 0 Å². The van der Waals surface area contributed by atoms with E-state index in [4.69, 9.17) is 5.73 Å². The summed E-state index contributed by atoms with van der Waals surface area (Å²) in [7, 11) is 0. The van der Waals surface area contributed by atoms with Gasteiger partial charge in [0.2, 0.25) is 0 Å². The van der Waals surface area contributed by atoms with Gasteiger partial charge in [0.15, 0.2) is 0 Å². The maximum atomic E-state index is 5.62. The van der Waals surface area contributed by atoms with Crippen LogP contribution in [-0.4, -0.2) is 13.1 Å². The highest BCUT2D eigenvalue weighted by atomic mass is 14.8. The zero-order valence-corrected chi connectivity index (χ0v) is 9.79. The van der Waals surface area contributed by atoms with Crippen LogP contribution in [0, 0.1) is 5.92 Å². The van der Waals surface area contributed by atoms with Gasteiger partial charge in [-0.1, -0.05) is 26.0 Å². The Morgan fingerprint density at radius 1 is 1.13 bits per heavy atom. The quantitative estimate of drug-likeness (QED) is 0.554. The zero-order chi connectivity index (χ0) is 11.1. The summed E-state index contributed by atoms with van der Waals surface area (Å²) in [6.45, 7) is 6.67. The molecule has 0 aromatic heterocycles. The normalized spacial score (nSPS) is 10.9. The van der Waals surface area contributed by atoms with E-state index in [2.05, 4.69) is 31.3 Å². The molecule has 0 fully saturated rings. The van der Waals surface area contributed by atoms with E-state index < -0.39 is 0 Å². The number of hydrogen-bond donors (Lipinski definition) is 2. The maximum Gasteiger partial charge on any atom is 0.0314 e. The summed E-state index contributed by atoms with van der Waals surface area (Å²) in [5, 5.41) is 3.45. The largest absolute Gasteiger partial charge is 0.399 e. The van der Waals surface area contributed by atoms with E-state index in [-0.39, 0.29) is 0 Å². The molecule has 0 saturated carbocycles. The molecule has 0 atom stereocenters. The highest BCUT2D eigenvalue weighted by Crippen LogP contribution is 2.05. The topological polar surface area (TPSA) is 38.0 Å². The van der Waals surface area contributed by atoms with Gasteiger partial charge in [-0.2, -0.15) is 0 Å². The summed E-state index contributed by atoms with van der Waals surface area (Å²) in [4.78, 5) is 0. The van der Waals surface area contributed by atoms with E-state index in [1.165, 1.54) is 12.0 Å². The molecule has 0 spiro atoms. The first-order chi connectivity index (χ1) is 7.18. The molecule has 0 heterocycles. The first kappa shape index (κ1) is 12.1. The van der Waals surface area contributed by atoms with E-state index in [0.717, 1.165) is 31.1 Å². The summed E-state index contributed by atoms with van der Waals surface area (Å²) >= 11 is 0. The molecular formula is C13H22N2. The van der Waals surface area contributed by atoms with Crippen molar-refractivity contribution in [3.63, 3.8) is 0 Å². The van der Waals surface area contributed by atoms with Crippen LogP contribution < -0.4 is 11.1 Å². The van der Waals surface area contributed by atoms with Crippen molar-refractivity contribution in [2.75, 3.05) is 18.8 Å². The van der Waals surface area contributed by atoms with Crippen LogP contribution in [0.15, 0.2) is 24.3 Å². The highest BCUT2D eigenvalue weighted by Gasteiger charge is 1.94. The van der Waals surface area contributed by atoms with Gasteiger partial charge in [-0.15, -0.1) is 0 Å². The Morgan fingerprint density at radius 2 is 1.80 bits per heavy atom. The fraction of sp³-hybridized carbons (Fsp3) is 0.538. The molecule has 84 valence electrons. The standard InChI is InChI=1S/C13H22N2/c1-11(2)7-9-15-10-8-12-3-5-13(14)6-4-12/h3-6,11,15H,7-10,14H2,1-2H3. The van der Waals surface area contributed by atoms with Gasteiger partial charge in [-0.25, -0.2) is 0 Å². The van der Waals surface area contributed by atoms with Gasteiger partial charge in [-0.05, 0) is 49.5 Å². The third kappa shape index (κ3) is 5.43. The molecule has 1 aromatic rings. The van der Waals surface area contributed by atoms with Crippen LogP contribution in [0.25, 0.3) is 0 Å². The fourth-order valence-corrected chi connectivity index (χ4v) is 1.43. The number of benzene rings is 1. The molecule has 0 aliphatic carbocycles. The molecule has 0 bridgehead atoms. The summed E-state index contributed by atoms with van der Waals surface area (Å²) < 4.78 is 0. The Balaban J connectivity index is 2.12. The molecule has 0 aliphatic rings. The molecule has 1 aromatic carbocycles. The second-order valence-electron chi connectivity index (χ2n) is 4.42. The Kier molecular flexibility index (Phi) is 5.19. The van der Waals surface area contributed by atoms with Crippen molar-refractivity contribution in [3.05, 3.63) is 29.8 Å². The van der Waals surface area contributed by atoms with Crippen LogP contribution in [0.1, 0.15) is 25.8 Å². The molecule has 0 unspecified atom stereocenters. The van der Waals surface area contributed by atoms with Gasteiger partial charge >= 0.3 is 0 Å². The van der Waals surface area contributed by atoms with Gasteiger partial charge in [0.25, 0.3) is 0 Å². The van der Waals surface area contributed by atoms with Crippen molar-refractivity contribution < 1.29 is 0 Å². The monoisotopic (exact) mass is 206 g/mol. The van der Waals surface area contributed by atoms with E-state index in [1.807, 2.05) is 12.1 Å². The molecule has 3 N–H and O–H groups in total. The van der Waals surface area contributed by atoms with Crippen molar-refractivity contribution >= 4 is 5.69 Å². The minimum absolute atomic E-state index is 0.786. The van der Waals surface area contributed by atoms with E-state index in [9.17, 15) is 0 Å². The van der Waals surface area contributed by atoms with Crippen molar-refractivity contribution in [2.24, 2.45) is 5.92 Å². The predicted octanol–water partition coefficient (Wildman–Crippen LogP) is 2.45. The number of nitrogens with two attached hydrogens (primary N) is 1. The second kappa shape index (κ2) is 6.46. The van der Waals surface area contributed by atoms with Crippen LogP contribution in [0.2, 0.25) is 0 Å². The van der Waals surface area contributed by atoms with Crippen molar-refractivity contribution in [2.45, 2.75) is 26.7 Å². The average Bonchev–Trinajstić information content (AvgIpc) is 2.20. The molecule has 0 saturated heterocycles. The minimum Gasteiger partial charge on any atom is -0.399 e. The zero-order valence-electron chi connectivity index (χ0n) is 9.79. The molecule has 15 heavy (non-hydrogen) atoms. The van der Waals surface area contributed by atoms with Gasteiger partial charge in [0, 0.05) is 5.69 Å². The SMILES string of the molecule is CC(C)CCNCCc1ccc(N)cc1. The molecule has 2 nitrogen and oxygen atoms in total. The van der Waals surface area contributed by atoms with Crippen LogP contribution in [-0.2, 0) is 6.42 Å². The summed E-state index contributed by atoms with van der Waals surface area (Å²) in [5.41, 5.74) is 7.81. The van der Waals surface area contributed by atoms with Crippen LogP contribution in [0.5, 0.6) is 0 Å². The number of nitrogens with one attached hydrogen (secondary N) is 1. The fourth-order valence-electron chi connectivity index (χ4n) is 1.43. The lowest BCUT2D eigenvalue weighted by molar-refractivity contribution is 0.539. The van der Waals surface area contributed by atoms with Crippen LogP contribution in [0.3, 0.4) is 0 Å². The van der Waals surface area contributed by atoms with E-state index in [0.29, 0.717) is 0 Å². The van der Waals surface area contributed by atoms with Crippen molar-refractivity contribution in [1.82, 2.24) is 5.32 Å². The Morgan fingerprint density at radius 3 is 2.40 bits per heavy atom. The number of anilines is 1. The summed E-state index contributed by atoms with van der Waals surface area (Å²) in [5.74, 6) is 0.786. The third-order valence-corrected chi connectivity index (χ3v) is 2.47. The Hall–Kier alpha value is -1.02. The molecule has 0 amide bonds. The smallest absolute Gasteiger partial charge is 0.0314 e. The molecule has 0 radical (unpaired) electrons. The van der Waals surface area contributed by atoms with Crippen molar-refractivity contribution in [3.8, 4) is 0 Å². The lowest BCUT2D eigenvalue weighted by atomic mass is 10.1. The molecular weight excluding hydrogens is 184 g/mol. The first-order valence-corrected chi connectivity index (χ1v) is 5.73. The lowest BCUT2D eigenvalue weighted by Gasteiger charge is -2.07. The van der Waals surface area contributed by atoms with Crippen LogP contribution >= 0.6 is 0 Å². The second-order valence-corrected chi connectivity index (χ2v) is 4.42. The van der Waals surface area contributed by atoms with E-state index in [1.54, 1.807) is 0 Å². The maximum absolute atomic E-state index is 5.62. The van der Waals surface area contributed by atoms with Gasteiger partial charge in [0.05, 0.1) is 0 Å². The molecule has 0 aliphatic heterocycles. The molecule has 2 heteroatoms. The van der Waals surface area contributed by atoms with E-state index >= 15 is 0 Å². The van der Waals surface area contributed by atoms with Gasteiger partial charge in [-0.3, -0.25) is 0 Å². The number of hydrogen-bond acceptors (Lipinski definition) is 2. The summed E-state index contributed by atoms with van der Waals surface area (Å²) in [6.07, 6.45) is 2.33. The molecule has 1 rings (SSSR count). The predicted molar refractivity (Wildman–Crippen MR) is 66.9 cm³/mol. The highest BCUT2D eigenvalue weighted by molar-refractivity contribution is 5.39. The Bertz CT molecular complexity index is 264. The van der Waals surface area contributed by atoms with Crippen molar-refractivity contribution in [1.29, 1.82) is 0 Å². The lowest BCUT2D eigenvalue weighted by Crippen LogP contribution is -2.19. The summed E-state index contributed by atoms with van der Waals surface area (Å²) in [6, 6.07) is 8.12. The third-order valence-electron chi connectivity index (χ3n) is 2.47. The number of rotatable bonds is 6. The van der Waals surface area contributed by atoms with Gasteiger partial charge < -0.3 is 11.1 Å². The van der Waals surface area contributed by atoms with Crippen LogP contribution in [0.4, 0.5) is 5.69 Å². The number of nitrogen functional groups attached to an aromatic ring is 1.